The standard InChI is InChI=1S/C31H33FN6O3/c1-19-9-10-34-38(19)28-16-23(32)5-8-25(28)22-14-27(21-3-4-21)35-29(15-22)36-30(39)26-13-20(17-33-11-12-41-2)18-37(31(26)40)24-6-7-24/h5,8-10,13-16,18,21,24,33H,3-4,6-7,11-12,17H2,1-2H3,(H,35,36,39). The van der Waals surface area contributed by atoms with E-state index < -0.39 is 5.91 Å². The predicted octanol–water partition coefficient (Wildman–Crippen LogP) is 4.74. The minimum absolute atomic E-state index is 0.0813. The molecule has 3 aromatic heterocycles. The van der Waals surface area contributed by atoms with Crippen LogP contribution in [0.5, 0.6) is 0 Å². The molecule has 0 radical (unpaired) electrons. The van der Waals surface area contributed by atoms with E-state index in [1.807, 2.05) is 25.3 Å². The maximum absolute atomic E-state index is 14.4. The molecule has 6 rings (SSSR count). The number of anilines is 1. The number of amides is 1. The number of methoxy groups -OCH3 is 1. The molecule has 3 heterocycles. The molecule has 9 nitrogen and oxygen atoms in total. The number of pyridine rings is 2. The first kappa shape index (κ1) is 27.0. The Morgan fingerprint density at radius 2 is 1.95 bits per heavy atom. The summed E-state index contributed by atoms with van der Waals surface area (Å²) in [6.07, 6.45) is 7.39. The zero-order chi connectivity index (χ0) is 28.5. The van der Waals surface area contributed by atoms with Crippen molar-refractivity contribution in [1.82, 2.24) is 24.6 Å². The Labute approximate surface area is 237 Å². The van der Waals surface area contributed by atoms with E-state index >= 15 is 0 Å². The molecule has 212 valence electrons. The Hall–Kier alpha value is -4.15. The fourth-order valence-corrected chi connectivity index (χ4v) is 5.04. The van der Waals surface area contributed by atoms with Crippen molar-refractivity contribution in [1.29, 1.82) is 0 Å². The van der Waals surface area contributed by atoms with Crippen LogP contribution in [-0.2, 0) is 11.3 Å². The lowest BCUT2D eigenvalue weighted by molar-refractivity contribution is 0.102. The van der Waals surface area contributed by atoms with Gasteiger partial charge in [-0.1, -0.05) is 0 Å². The molecule has 41 heavy (non-hydrogen) atoms. The van der Waals surface area contributed by atoms with Gasteiger partial charge in [0.25, 0.3) is 11.5 Å². The summed E-state index contributed by atoms with van der Waals surface area (Å²) in [5.41, 5.74) is 4.49. The fraction of sp³-hybridized carbons (Fsp3) is 0.355. The molecule has 1 aromatic carbocycles. The summed E-state index contributed by atoms with van der Waals surface area (Å²) in [6.45, 7) is 3.64. The van der Waals surface area contributed by atoms with Gasteiger partial charge in [0.2, 0.25) is 0 Å². The molecule has 0 atom stereocenters. The van der Waals surface area contributed by atoms with E-state index in [-0.39, 0.29) is 23.0 Å². The molecule has 1 amide bonds. The van der Waals surface area contributed by atoms with E-state index in [1.54, 1.807) is 40.8 Å². The van der Waals surface area contributed by atoms with Gasteiger partial charge in [-0.05, 0) is 80.1 Å². The Balaban J connectivity index is 1.35. The third-order valence-corrected chi connectivity index (χ3v) is 7.51. The Morgan fingerprint density at radius 3 is 2.66 bits per heavy atom. The van der Waals surface area contributed by atoms with E-state index in [0.717, 1.165) is 53.8 Å². The minimum Gasteiger partial charge on any atom is -0.383 e. The molecular formula is C31H33FN6O3. The number of benzene rings is 1. The van der Waals surface area contributed by atoms with Gasteiger partial charge in [-0.25, -0.2) is 14.1 Å². The van der Waals surface area contributed by atoms with E-state index in [9.17, 15) is 14.0 Å². The molecule has 10 heteroatoms. The van der Waals surface area contributed by atoms with Crippen LogP contribution in [-0.4, -0.2) is 45.5 Å². The molecule has 2 fully saturated rings. The van der Waals surface area contributed by atoms with Crippen LogP contribution in [0.2, 0.25) is 0 Å². The van der Waals surface area contributed by atoms with Gasteiger partial charge in [0.1, 0.15) is 17.2 Å². The number of hydrogen-bond donors (Lipinski definition) is 2. The smallest absolute Gasteiger partial charge is 0.263 e. The van der Waals surface area contributed by atoms with Crippen LogP contribution in [0, 0.1) is 12.7 Å². The topological polar surface area (TPSA) is 103 Å². The summed E-state index contributed by atoms with van der Waals surface area (Å²) < 4.78 is 22.8. The number of carbonyl (C=O) groups excluding carboxylic acids is 1. The van der Waals surface area contributed by atoms with E-state index in [1.165, 1.54) is 12.1 Å². The van der Waals surface area contributed by atoms with Crippen molar-refractivity contribution in [2.24, 2.45) is 0 Å². The highest BCUT2D eigenvalue weighted by Gasteiger charge is 2.29. The number of aryl methyl sites for hydroxylation is 1. The molecular weight excluding hydrogens is 523 g/mol. The number of hydrogen-bond acceptors (Lipinski definition) is 6. The SMILES string of the molecule is COCCNCc1cc(C(=O)Nc2cc(-c3ccc(F)cc3-n3nccc3C)cc(C3CC3)n2)c(=O)n(C2CC2)c1. The third-order valence-electron chi connectivity index (χ3n) is 7.51. The zero-order valence-electron chi connectivity index (χ0n) is 23.2. The number of nitrogens with one attached hydrogen (secondary N) is 2. The summed E-state index contributed by atoms with van der Waals surface area (Å²) in [7, 11) is 1.64. The molecule has 0 bridgehead atoms. The van der Waals surface area contributed by atoms with E-state index in [4.69, 9.17) is 9.72 Å². The van der Waals surface area contributed by atoms with Gasteiger partial charge in [-0.3, -0.25) is 9.59 Å². The fourth-order valence-electron chi connectivity index (χ4n) is 5.04. The molecule has 0 unspecified atom stereocenters. The molecule has 4 aromatic rings. The van der Waals surface area contributed by atoms with Crippen molar-refractivity contribution in [2.75, 3.05) is 25.6 Å². The van der Waals surface area contributed by atoms with Gasteiger partial charge in [-0.15, -0.1) is 0 Å². The van der Waals surface area contributed by atoms with Crippen LogP contribution in [0.4, 0.5) is 10.2 Å². The van der Waals surface area contributed by atoms with Gasteiger partial charge < -0.3 is 19.9 Å². The Morgan fingerprint density at radius 1 is 1.12 bits per heavy atom. The number of carbonyl (C=O) groups is 1. The van der Waals surface area contributed by atoms with Crippen LogP contribution < -0.4 is 16.2 Å². The predicted molar refractivity (Wildman–Crippen MR) is 154 cm³/mol. The van der Waals surface area contributed by atoms with Gasteiger partial charge in [0.05, 0.1) is 12.3 Å². The van der Waals surface area contributed by atoms with Crippen LogP contribution in [0.15, 0.2) is 59.7 Å². The van der Waals surface area contributed by atoms with Crippen molar-refractivity contribution in [3.63, 3.8) is 0 Å². The van der Waals surface area contributed by atoms with Gasteiger partial charge in [0.15, 0.2) is 0 Å². The molecule has 0 aliphatic heterocycles. The number of halogens is 1. The first-order chi connectivity index (χ1) is 19.9. The summed E-state index contributed by atoms with van der Waals surface area (Å²) >= 11 is 0. The van der Waals surface area contributed by atoms with Gasteiger partial charge in [0, 0.05) is 67.6 Å². The molecule has 2 aliphatic carbocycles. The van der Waals surface area contributed by atoms with E-state index in [0.29, 0.717) is 37.1 Å². The largest absolute Gasteiger partial charge is 0.383 e. The summed E-state index contributed by atoms with van der Waals surface area (Å²) in [5.74, 6) is -0.221. The van der Waals surface area contributed by atoms with Crippen molar-refractivity contribution >= 4 is 11.7 Å². The minimum atomic E-state index is -0.503. The highest BCUT2D eigenvalue weighted by molar-refractivity contribution is 6.04. The normalized spacial score (nSPS) is 14.8. The van der Waals surface area contributed by atoms with Crippen molar-refractivity contribution in [2.45, 2.75) is 51.1 Å². The Bertz CT molecular complexity index is 1650. The third kappa shape index (κ3) is 5.98. The van der Waals surface area contributed by atoms with Crippen molar-refractivity contribution < 1.29 is 13.9 Å². The Kier molecular flexibility index (Phi) is 7.51. The number of nitrogens with zero attached hydrogens (tertiary/aromatic N) is 4. The zero-order valence-corrected chi connectivity index (χ0v) is 23.2. The second-order valence-electron chi connectivity index (χ2n) is 10.8. The van der Waals surface area contributed by atoms with Gasteiger partial charge >= 0.3 is 0 Å². The lowest BCUT2D eigenvalue weighted by Gasteiger charge is -2.15. The molecule has 2 saturated carbocycles. The van der Waals surface area contributed by atoms with Crippen LogP contribution >= 0.6 is 0 Å². The van der Waals surface area contributed by atoms with E-state index in [2.05, 4.69) is 15.7 Å². The van der Waals surface area contributed by atoms with Gasteiger partial charge in [-0.2, -0.15) is 5.10 Å². The quantitative estimate of drug-likeness (QED) is 0.259. The lowest BCUT2D eigenvalue weighted by atomic mass is 10.0. The average molecular weight is 557 g/mol. The molecule has 0 spiro atoms. The highest BCUT2D eigenvalue weighted by atomic mass is 19.1. The van der Waals surface area contributed by atoms with Crippen LogP contribution in [0.1, 0.15) is 65.0 Å². The number of ether oxygens (including phenoxy) is 1. The molecule has 2 N–H and O–H groups in total. The summed E-state index contributed by atoms with van der Waals surface area (Å²) in [4.78, 5) is 31.6. The highest BCUT2D eigenvalue weighted by Crippen LogP contribution is 2.41. The maximum atomic E-state index is 14.4. The summed E-state index contributed by atoms with van der Waals surface area (Å²) in [5, 5.41) is 10.6. The van der Waals surface area contributed by atoms with Crippen molar-refractivity contribution in [3.8, 4) is 16.8 Å². The van der Waals surface area contributed by atoms with Crippen molar-refractivity contribution in [3.05, 3.63) is 93.5 Å². The number of aromatic nitrogens is 4. The maximum Gasteiger partial charge on any atom is 0.263 e. The molecule has 2 aliphatic rings. The summed E-state index contributed by atoms with van der Waals surface area (Å²) in [6, 6.07) is 12.0. The second-order valence-corrected chi connectivity index (χ2v) is 10.8. The number of rotatable bonds is 11. The van der Waals surface area contributed by atoms with Crippen LogP contribution in [0.3, 0.4) is 0 Å². The van der Waals surface area contributed by atoms with Crippen LogP contribution in [0.25, 0.3) is 16.8 Å². The molecule has 0 saturated heterocycles. The monoisotopic (exact) mass is 556 g/mol. The first-order valence-corrected chi connectivity index (χ1v) is 14.0. The first-order valence-electron chi connectivity index (χ1n) is 14.0. The lowest BCUT2D eigenvalue weighted by Crippen LogP contribution is -2.30. The second kappa shape index (κ2) is 11.4. The average Bonchev–Trinajstić information content (AvgIpc) is 3.89.